The zero-order chi connectivity index (χ0) is 15.6. The van der Waals surface area contributed by atoms with Crippen molar-refractivity contribution in [1.29, 1.82) is 0 Å². The first kappa shape index (κ1) is 15.8. The van der Waals surface area contributed by atoms with E-state index in [0.29, 0.717) is 12.8 Å². The van der Waals surface area contributed by atoms with Gasteiger partial charge in [0.25, 0.3) is 0 Å². The van der Waals surface area contributed by atoms with Gasteiger partial charge in [-0.2, -0.15) is 0 Å². The van der Waals surface area contributed by atoms with Crippen molar-refractivity contribution in [1.82, 2.24) is 0 Å². The fraction of sp³-hybridized carbons (Fsp3) is 0.467. The second-order valence-corrected chi connectivity index (χ2v) is 6.45. The van der Waals surface area contributed by atoms with E-state index in [-0.39, 0.29) is 11.7 Å². The van der Waals surface area contributed by atoms with Crippen LogP contribution in [0.3, 0.4) is 0 Å². The normalized spacial score (nSPS) is 17.8. The average Bonchev–Trinajstić information content (AvgIpc) is 2.94. The van der Waals surface area contributed by atoms with Crippen LogP contribution >= 0.6 is 15.9 Å². The average molecular weight is 354 g/mol. The fourth-order valence-electron chi connectivity index (χ4n) is 2.94. The molecular weight excluding hydrogens is 334 g/mol. The number of carbonyl (C=O) groups is 1. The van der Waals surface area contributed by atoms with Gasteiger partial charge in [-0.1, -0.05) is 33.9 Å². The number of rotatable bonds is 3. The van der Waals surface area contributed by atoms with Crippen LogP contribution in [-0.2, 0) is 4.79 Å². The number of oxime groups is 1. The Morgan fingerprint density at radius 2 is 1.86 bits per heavy atom. The number of benzene rings is 1. The van der Waals surface area contributed by atoms with Crippen LogP contribution in [0.25, 0.3) is 0 Å². The maximum Gasteiger partial charge on any atom is 0.238 e. The van der Waals surface area contributed by atoms with Crippen molar-refractivity contribution >= 4 is 33.4 Å². The van der Waals surface area contributed by atoms with Gasteiger partial charge in [0.05, 0.1) is 0 Å². The summed E-state index contributed by atoms with van der Waals surface area (Å²) in [5, 5.41) is 15.0. The van der Waals surface area contributed by atoms with Crippen molar-refractivity contribution in [2.75, 3.05) is 5.32 Å². The predicted octanol–water partition coefficient (Wildman–Crippen LogP) is 3.31. The van der Waals surface area contributed by atoms with E-state index in [1.165, 1.54) is 0 Å². The van der Waals surface area contributed by atoms with E-state index in [1.807, 2.05) is 26.0 Å². The standard InChI is InChI=1S/C15H20BrN3O2/c1-9-7-11(8-10(2)12(9)16)18-14(20)15(13(17)19-21)5-3-4-6-15/h7-8,21H,3-6H2,1-2H3,(H2,17,19)(H,18,20). The zero-order valence-electron chi connectivity index (χ0n) is 12.2. The van der Waals surface area contributed by atoms with Gasteiger partial charge in [-0.3, -0.25) is 4.79 Å². The Morgan fingerprint density at radius 1 is 1.33 bits per heavy atom. The second kappa shape index (κ2) is 6.05. The van der Waals surface area contributed by atoms with Gasteiger partial charge in [-0.25, -0.2) is 0 Å². The molecule has 5 nitrogen and oxygen atoms in total. The van der Waals surface area contributed by atoms with Crippen LogP contribution in [-0.4, -0.2) is 17.0 Å². The number of aryl methyl sites for hydroxylation is 2. The zero-order valence-corrected chi connectivity index (χ0v) is 13.8. The summed E-state index contributed by atoms with van der Waals surface area (Å²) in [6.07, 6.45) is 3.04. The summed E-state index contributed by atoms with van der Waals surface area (Å²) >= 11 is 3.51. The molecule has 0 saturated heterocycles. The Morgan fingerprint density at radius 3 is 2.33 bits per heavy atom. The number of halogens is 1. The first-order valence-electron chi connectivity index (χ1n) is 6.97. The molecule has 2 rings (SSSR count). The van der Waals surface area contributed by atoms with Crippen LogP contribution in [0.1, 0.15) is 36.8 Å². The van der Waals surface area contributed by atoms with Gasteiger partial charge in [-0.05, 0) is 49.9 Å². The van der Waals surface area contributed by atoms with Crippen LogP contribution in [0.2, 0.25) is 0 Å². The van der Waals surface area contributed by atoms with Gasteiger partial charge in [0.1, 0.15) is 5.41 Å². The quantitative estimate of drug-likeness (QED) is 0.337. The highest BCUT2D eigenvalue weighted by molar-refractivity contribution is 9.10. The minimum atomic E-state index is -0.885. The van der Waals surface area contributed by atoms with Gasteiger partial charge in [0.2, 0.25) is 5.91 Å². The molecule has 1 aliphatic rings. The molecule has 0 radical (unpaired) electrons. The Bertz CT molecular complexity index is 570. The Hall–Kier alpha value is -1.56. The lowest BCUT2D eigenvalue weighted by atomic mass is 9.83. The van der Waals surface area contributed by atoms with Crippen LogP contribution in [0.15, 0.2) is 21.8 Å². The molecule has 4 N–H and O–H groups in total. The maximum absolute atomic E-state index is 12.6. The van der Waals surface area contributed by atoms with Crippen molar-refractivity contribution in [3.8, 4) is 0 Å². The molecule has 0 atom stereocenters. The van der Waals surface area contributed by atoms with E-state index < -0.39 is 5.41 Å². The van der Waals surface area contributed by atoms with Gasteiger partial charge in [0, 0.05) is 10.2 Å². The number of nitrogens with two attached hydrogens (primary N) is 1. The third-order valence-corrected chi connectivity index (χ3v) is 5.43. The molecule has 6 heteroatoms. The Kier molecular flexibility index (Phi) is 4.56. The molecule has 21 heavy (non-hydrogen) atoms. The van der Waals surface area contributed by atoms with E-state index in [9.17, 15) is 4.79 Å². The molecule has 1 saturated carbocycles. The van der Waals surface area contributed by atoms with E-state index in [0.717, 1.165) is 34.1 Å². The van der Waals surface area contributed by atoms with Crippen molar-refractivity contribution in [3.63, 3.8) is 0 Å². The van der Waals surface area contributed by atoms with Crippen LogP contribution < -0.4 is 11.1 Å². The fourth-order valence-corrected chi connectivity index (χ4v) is 3.17. The molecule has 114 valence electrons. The third-order valence-electron chi connectivity index (χ3n) is 4.18. The summed E-state index contributed by atoms with van der Waals surface area (Å²) in [5.74, 6) is -0.195. The lowest BCUT2D eigenvalue weighted by Gasteiger charge is -2.26. The molecule has 1 fully saturated rings. The van der Waals surface area contributed by atoms with Gasteiger partial charge in [-0.15, -0.1) is 0 Å². The minimum absolute atomic E-state index is 0.00283. The molecule has 0 unspecified atom stereocenters. The molecule has 1 amide bonds. The lowest BCUT2D eigenvalue weighted by molar-refractivity contribution is -0.122. The molecular formula is C15H20BrN3O2. The number of hydrogen-bond donors (Lipinski definition) is 3. The molecule has 0 spiro atoms. The largest absolute Gasteiger partial charge is 0.409 e. The maximum atomic E-state index is 12.6. The van der Waals surface area contributed by atoms with E-state index in [2.05, 4.69) is 26.4 Å². The first-order chi connectivity index (χ1) is 9.90. The smallest absolute Gasteiger partial charge is 0.238 e. The Labute approximate surface area is 132 Å². The summed E-state index contributed by atoms with van der Waals surface area (Å²) in [5.41, 5.74) is 7.73. The van der Waals surface area contributed by atoms with Crippen molar-refractivity contribution in [2.24, 2.45) is 16.3 Å². The number of nitrogens with one attached hydrogen (secondary N) is 1. The SMILES string of the molecule is Cc1cc(NC(=O)C2(/C(N)=N/O)CCCC2)cc(C)c1Br. The van der Waals surface area contributed by atoms with Crippen LogP contribution in [0.4, 0.5) is 5.69 Å². The van der Waals surface area contributed by atoms with E-state index in [4.69, 9.17) is 10.9 Å². The second-order valence-electron chi connectivity index (χ2n) is 5.65. The highest BCUT2D eigenvalue weighted by Gasteiger charge is 2.45. The molecule has 0 bridgehead atoms. The highest BCUT2D eigenvalue weighted by atomic mass is 79.9. The van der Waals surface area contributed by atoms with Crippen molar-refractivity contribution in [3.05, 3.63) is 27.7 Å². The molecule has 0 aliphatic heterocycles. The molecule has 1 aromatic rings. The number of anilines is 1. The van der Waals surface area contributed by atoms with Crippen LogP contribution in [0.5, 0.6) is 0 Å². The van der Waals surface area contributed by atoms with Gasteiger partial charge >= 0.3 is 0 Å². The monoisotopic (exact) mass is 353 g/mol. The number of hydrogen-bond acceptors (Lipinski definition) is 3. The third kappa shape index (κ3) is 2.90. The van der Waals surface area contributed by atoms with Gasteiger partial charge in [0.15, 0.2) is 5.84 Å². The molecule has 1 aromatic carbocycles. The number of amidine groups is 1. The van der Waals surface area contributed by atoms with Crippen molar-refractivity contribution < 1.29 is 10.0 Å². The van der Waals surface area contributed by atoms with E-state index >= 15 is 0 Å². The first-order valence-corrected chi connectivity index (χ1v) is 7.76. The van der Waals surface area contributed by atoms with E-state index in [1.54, 1.807) is 0 Å². The Balaban J connectivity index is 2.28. The summed E-state index contributed by atoms with van der Waals surface area (Å²) in [6.45, 7) is 3.95. The molecule has 0 aromatic heterocycles. The molecule has 1 aliphatic carbocycles. The van der Waals surface area contributed by atoms with Crippen LogP contribution in [0, 0.1) is 19.3 Å². The summed E-state index contributed by atoms with van der Waals surface area (Å²) in [4.78, 5) is 12.6. The summed E-state index contributed by atoms with van der Waals surface area (Å²) in [7, 11) is 0. The highest BCUT2D eigenvalue weighted by Crippen LogP contribution is 2.39. The lowest BCUT2D eigenvalue weighted by Crippen LogP contribution is -2.45. The van der Waals surface area contributed by atoms with Gasteiger partial charge < -0.3 is 16.3 Å². The minimum Gasteiger partial charge on any atom is -0.409 e. The summed E-state index contributed by atoms with van der Waals surface area (Å²) < 4.78 is 1.03. The number of amides is 1. The molecule has 0 heterocycles. The van der Waals surface area contributed by atoms with Crippen molar-refractivity contribution in [2.45, 2.75) is 39.5 Å². The number of carbonyl (C=O) groups excluding carboxylic acids is 1. The predicted molar refractivity (Wildman–Crippen MR) is 86.6 cm³/mol. The number of nitrogens with zero attached hydrogens (tertiary/aromatic N) is 1. The topological polar surface area (TPSA) is 87.7 Å². The summed E-state index contributed by atoms with van der Waals surface area (Å²) in [6, 6.07) is 3.81.